The van der Waals surface area contributed by atoms with E-state index >= 15 is 0 Å². The number of imide groups is 1. The molecule has 2 saturated heterocycles. The number of ether oxygens (including phenoxy) is 1. The van der Waals surface area contributed by atoms with E-state index in [4.69, 9.17) is 4.74 Å². The second kappa shape index (κ2) is 6.60. The smallest absolute Gasteiger partial charge is 0.290 e. The fourth-order valence-electron chi connectivity index (χ4n) is 2.55. The Hall–Kier alpha value is -2.80. The summed E-state index contributed by atoms with van der Waals surface area (Å²) in [6, 6.07) is 13.7. The number of amides is 2. The number of pyridine rings is 1. The Labute approximate surface area is 148 Å². The number of nitrogens with one attached hydrogen (secondary N) is 1. The van der Waals surface area contributed by atoms with Crippen molar-refractivity contribution in [1.82, 2.24) is 10.3 Å². The van der Waals surface area contributed by atoms with Crippen LogP contribution in [0.3, 0.4) is 0 Å². The van der Waals surface area contributed by atoms with Crippen LogP contribution in [-0.4, -0.2) is 35.3 Å². The molecule has 7 heteroatoms. The minimum Gasteiger partial charge on any atom is -0.491 e. The van der Waals surface area contributed by atoms with E-state index in [1.165, 1.54) is 0 Å². The molecular weight excluding hydrogens is 338 g/mol. The molecule has 2 amide bonds. The average molecular weight is 353 g/mol. The van der Waals surface area contributed by atoms with Gasteiger partial charge in [-0.2, -0.15) is 0 Å². The third-order valence-electron chi connectivity index (χ3n) is 3.92. The average Bonchev–Trinajstić information content (AvgIpc) is 3.34. The fraction of sp³-hybridized carbons (Fsp3) is 0.167. The van der Waals surface area contributed by atoms with Gasteiger partial charge in [-0.05, 0) is 47.7 Å². The van der Waals surface area contributed by atoms with E-state index in [1.54, 1.807) is 12.3 Å². The SMILES string of the molecule is O=C1NC(=O)C(=Cc2ccc(OCC3CN3c3ccccn3)cc2)S1. The fourth-order valence-corrected chi connectivity index (χ4v) is 3.23. The van der Waals surface area contributed by atoms with Crippen molar-refractivity contribution in [2.45, 2.75) is 6.04 Å². The van der Waals surface area contributed by atoms with Crippen LogP contribution < -0.4 is 15.0 Å². The Morgan fingerprint density at radius 2 is 2.08 bits per heavy atom. The molecular formula is C18H15N3O3S. The maximum Gasteiger partial charge on any atom is 0.290 e. The van der Waals surface area contributed by atoms with Crippen molar-refractivity contribution in [1.29, 1.82) is 0 Å². The van der Waals surface area contributed by atoms with E-state index in [9.17, 15) is 9.59 Å². The monoisotopic (exact) mass is 353 g/mol. The second-order valence-electron chi connectivity index (χ2n) is 5.73. The summed E-state index contributed by atoms with van der Waals surface area (Å²) in [5.41, 5.74) is 0.848. The van der Waals surface area contributed by atoms with E-state index in [0.717, 1.165) is 35.4 Å². The van der Waals surface area contributed by atoms with E-state index in [2.05, 4.69) is 15.2 Å². The number of anilines is 1. The Morgan fingerprint density at radius 3 is 2.76 bits per heavy atom. The van der Waals surface area contributed by atoms with Gasteiger partial charge in [-0.3, -0.25) is 14.9 Å². The standard InChI is InChI=1S/C18H15N3O3S/c22-17-15(25-18(23)20-17)9-12-4-6-14(7-5-12)24-11-13-10-21(13)16-3-1-2-8-19-16/h1-9,13H,10-11H2,(H,20,22,23). The molecule has 0 saturated carbocycles. The molecule has 1 atom stereocenters. The molecule has 25 heavy (non-hydrogen) atoms. The Kier molecular flexibility index (Phi) is 4.15. The molecule has 0 radical (unpaired) electrons. The van der Waals surface area contributed by atoms with Crippen LogP contribution in [0.1, 0.15) is 5.56 Å². The van der Waals surface area contributed by atoms with Crippen molar-refractivity contribution in [3.05, 3.63) is 59.1 Å². The zero-order valence-corrected chi connectivity index (χ0v) is 14.0. The number of aromatic nitrogens is 1. The van der Waals surface area contributed by atoms with E-state index in [0.29, 0.717) is 17.6 Å². The first kappa shape index (κ1) is 15.7. The lowest BCUT2D eigenvalue weighted by atomic mass is 10.2. The van der Waals surface area contributed by atoms with E-state index in [1.807, 2.05) is 42.5 Å². The summed E-state index contributed by atoms with van der Waals surface area (Å²) in [5.74, 6) is 1.40. The largest absolute Gasteiger partial charge is 0.491 e. The second-order valence-corrected chi connectivity index (χ2v) is 6.74. The predicted octanol–water partition coefficient (Wildman–Crippen LogP) is 2.67. The normalized spacial score (nSPS) is 20.7. The van der Waals surface area contributed by atoms with Crippen LogP contribution >= 0.6 is 11.8 Å². The van der Waals surface area contributed by atoms with Gasteiger partial charge in [0.2, 0.25) is 0 Å². The van der Waals surface area contributed by atoms with Gasteiger partial charge in [-0.25, -0.2) is 4.98 Å². The van der Waals surface area contributed by atoms with Gasteiger partial charge in [0, 0.05) is 12.7 Å². The molecule has 1 unspecified atom stereocenters. The number of hydrogen-bond donors (Lipinski definition) is 1. The van der Waals surface area contributed by atoms with Crippen molar-refractivity contribution in [2.75, 3.05) is 18.1 Å². The summed E-state index contributed by atoms with van der Waals surface area (Å²) in [4.78, 5) is 29.6. The highest BCUT2D eigenvalue weighted by molar-refractivity contribution is 8.18. The first-order valence-electron chi connectivity index (χ1n) is 7.84. The number of rotatable bonds is 5. The summed E-state index contributed by atoms with van der Waals surface area (Å²) in [5, 5.41) is 1.90. The summed E-state index contributed by atoms with van der Waals surface area (Å²) in [6.07, 6.45) is 3.48. The molecule has 0 aliphatic carbocycles. The lowest BCUT2D eigenvalue weighted by Crippen LogP contribution is -2.17. The van der Waals surface area contributed by atoms with Gasteiger partial charge < -0.3 is 9.64 Å². The van der Waals surface area contributed by atoms with Crippen molar-refractivity contribution in [3.63, 3.8) is 0 Å². The van der Waals surface area contributed by atoms with Crippen LogP contribution in [0.25, 0.3) is 6.08 Å². The van der Waals surface area contributed by atoms with E-state index in [-0.39, 0.29) is 11.1 Å². The van der Waals surface area contributed by atoms with Gasteiger partial charge in [0.05, 0.1) is 10.9 Å². The molecule has 3 heterocycles. The van der Waals surface area contributed by atoms with Crippen LogP contribution in [-0.2, 0) is 4.79 Å². The number of benzene rings is 1. The third-order valence-corrected chi connectivity index (χ3v) is 4.73. The predicted molar refractivity (Wildman–Crippen MR) is 96.4 cm³/mol. The van der Waals surface area contributed by atoms with Gasteiger partial charge in [-0.1, -0.05) is 18.2 Å². The molecule has 2 fully saturated rings. The van der Waals surface area contributed by atoms with Gasteiger partial charge in [0.15, 0.2) is 0 Å². The van der Waals surface area contributed by atoms with Crippen molar-refractivity contribution < 1.29 is 14.3 Å². The molecule has 1 N–H and O–H groups in total. The maximum atomic E-state index is 11.5. The minimum atomic E-state index is -0.348. The molecule has 2 aliphatic rings. The van der Waals surface area contributed by atoms with Crippen LogP contribution in [0.15, 0.2) is 53.6 Å². The lowest BCUT2D eigenvalue weighted by Gasteiger charge is -2.07. The summed E-state index contributed by atoms with van der Waals surface area (Å²) >= 11 is 0.912. The van der Waals surface area contributed by atoms with E-state index < -0.39 is 0 Å². The number of carbonyl (C=O) groups is 2. The van der Waals surface area contributed by atoms with Crippen molar-refractivity contribution >= 4 is 34.8 Å². The first-order chi connectivity index (χ1) is 12.2. The maximum absolute atomic E-state index is 11.5. The van der Waals surface area contributed by atoms with Gasteiger partial charge in [-0.15, -0.1) is 0 Å². The number of carbonyl (C=O) groups excluding carboxylic acids is 2. The van der Waals surface area contributed by atoms with Crippen molar-refractivity contribution in [2.24, 2.45) is 0 Å². The van der Waals surface area contributed by atoms with Gasteiger partial charge >= 0.3 is 0 Å². The number of thioether (sulfide) groups is 1. The number of hydrogen-bond acceptors (Lipinski definition) is 6. The molecule has 2 aliphatic heterocycles. The highest BCUT2D eigenvalue weighted by atomic mass is 32.2. The molecule has 4 rings (SSSR count). The van der Waals surface area contributed by atoms with Crippen molar-refractivity contribution in [3.8, 4) is 5.75 Å². The van der Waals surface area contributed by atoms with Gasteiger partial charge in [0.1, 0.15) is 18.2 Å². The lowest BCUT2D eigenvalue weighted by molar-refractivity contribution is -0.115. The zero-order chi connectivity index (χ0) is 17.2. The molecule has 1 aromatic carbocycles. The topological polar surface area (TPSA) is 71.3 Å². The van der Waals surface area contributed by atoms with Crippen LogP contribution in [0.4, 0.5) is 10.6 Å². The van der Waals surface area contributed by atoms with Crippen LogP contribution in [0.2, 0.25) is 0 Å². The summed E-state index contributed by atoms with van der Waals surface area (Å²) < 4.78 is 5.82. The highest BCUT2D eigenvalue weighted by Gasteiger charge is 2.35. The summed E-state index contributed by atoms with van der Waals surface area (Å²) in [7, 11) is 0. The third kappa shape index (κ3) is 3.66. The van der Waals surface area contributed by atoms with Crippen LogP contribution in [0.5, 0.6) is 5.75 Å². The quantitative estimate of drug-likeness (QED) is 0.658. The molecule has 0 spiro atoms. The Bertz CT molecular complexity index is 836. The minimum absolute atomic E-state index is 0.335. The van der Waals surface area contributed by atoms with Crippen LogP contribution in [0, 0.1) is 0 Å². The Balaban J connectivity index is 1.32. The molecule has 2 aromatic rings. The highest BCUT2D eigenvalue weighted by Crippen LogP contribution is 2.27. The molecule has 0 bridgehead atoms. The molecule has 126 valence electrons. The summed E-state index contributed by atoms with van der Waals surface area (Å²) in [6.45, 7) is 1.55. The Morgan fingerprint density at radius 1 is 1.24 bits per heavy atom. The molecule has 1 aromatic heterocycles. The molecule has 6 nitrogen and oxygen atoms in total. The first-order valence-corrected chi connectivity index (χ1v) is 8.66. The zero-order valence-electron chi connectivity index (χ0n) is 13.2. The number of nitrogens with zero attached hydrogens (tertiary/aromatic N) is 2. The van der Waals surface area contributed by atoms with Gasteiger partial charge in [0.25, 0.3) is 11.1 Å².